The van der Waals surface area contributed by atoms with Crippen molar-refractivity contribution in [1.29, 1.82) is 0 Å². The minimum absolute atomic E-state index is 0.0182. The van der Waals surface area contributed by atoms with Crippen LogP contribution in [0.4, 0.5) is 0 Å². The monoisotopic (exact) mass is 459 g/mol. The van der Waals surface area contributed by atoms with Gasteiger partial charge < -0.3 is 10.3 Å². The molecule has 0 radical (unpaired) electrons. The second kappa shape index (κ2) is 8.17. The molecule has 1 aromatic carbocycles. The Labute approximate surface area is 175 Å². The average Bonchev–Trinajstić information content (AvgIpc) is 3.26. The molecule has 7 heteroatoms. The van der Waals surface area contributed by atoms with Gasteiger partial charge in [0.1, 0.15) is 10.7 Å². The highest BCUT2D eigenvalue weighted by Gasteiger charge is 2.21. The molecule has 0 spiro atoms. The van der Waals surface area contributed by atoms with Crippen LogP contribution in [-0.2, 0) is 24.1 Å². The predicted molar refractivity (Wildman–Crippen MR) is 116 cm³/mol. The fourth-order valence-electron chi connectivity index (χ4n) is 3.78. The molecule has 146 valence electrons. The lowest BCUT2D eigenvalue weighted by Crippen LogP contribution is -2.28. The number of hydrogen-bond donors (Lipinski definition) is 2. The number of aromatic nitrogens is 2. The highest BCUT2D eigenvalue weighted by atomic mass is 79.9. The predicted octanol–water partition coefficient (Wildman–Crippen LogP) is 4.44. The number of nitrogens with one attached hydrogen (secondary N) is 2. The van der Waals surface area contributed by atoms with Crippen LogP contribution in [-0.4, -0.2) is 15.9 Å². The molecule has 0 saturated heterocycles. The van der Waals surface area contributed by atoms with E-state index >= 15 is 0 Å². The SMILES string of the molecule is CC[C@@H](NC(=O)CCc1nc2sc3c(c2c(=O)[nH]1)CCC3)c1ccc(Br)cc1. The fraction of sp³-hybridized carbons (Fsp3) is 0.381. The Balaban J connectivity index is 1.43. The molecule has 0 bridgehead atoms. The highest BCUT2D eigenvalue weighted by molar-refractivity contribution is 9.10. The molecule has 3 aromatic rings. The van der Waals surface area contributed by atoms with Gasteiger partial charge in [-0.25, -0.2) is 4.98 Å². The zero-order valence-corrected chi connectivity index (χ0v) is 18.1. The first kappa shape index (κ1) is 19.3. The summed E-state index contributed by atoms with van der Waals surface area (Å²) >= 11 is 5.06. The van der Waals surface area contributed by atoms with Gasteiger partial charge >= 0.3 is 0 Å². The number of H-pyrrole nitrogens is 1. The summed E-state index contributed by atoms with van der Waals surface area (Å²) in [7, 11) is 0. The smallest absolute Gasteiger partial charge is 0.259 e. The summed E-state index contributed by atoms with van der Waals surface area (Å²) in [5.41, 5.74) is 2.19. The molecule has 0 unspecified atom stereocenters. The van der Waals surface area contributed by atoms with Crippen LogP contribution in [0, 0.1) is 0 Å². The lowest BCUT2D eigenvalue weighted by atomic mass is 10.0. The van der Waals surface area contributed by atoms with Crippen molar-refractivity contribution in [2.24, 2.45) is 0 Å². The number of carbonyl (C=O) groups is 1. The Morgan fingerprint density at radius 1 is 1.32 bits per heavy atom. The zero-order valence-electron chi connectivity index (χ0n) is 15.7. The van der Waals surface area contributed by atoms with Gasteiger partial charge in [0.05, 0.1) is 11.4 Å². The summed E-state index contributed by atoms with van der Waals surface area (Å²) in [6.07, 6.45) is 4.67. The van der Waals surface area contributed by atoms with Gasteiger partial charge in [0.2, 0.25) is 5.91 Å². The molecule has 2 heterocycles. The van der Waals surface area contributed by atoms with Gasteiger partial charge in [-0.15, -0.1) is 11.3 Å². The number of nitrogens with zero attached hydrogens (tertiary/aromatic N) is 1. The van der Waals surface area contributed by atoms with Crippen LogP contribution in [0.5, 0.6) is 0 Å². The minimum atomic E-state index is -0.0684. The number of hydrogen-bond acceptors (Lipinski definition) is 4. The van der Waals surface area contributed by atoms with E-state index in [9.17, 15) is 9.59 Å². The van der Waals surface area contributed by atoms with Crippen LogP contribution >= 0.6 is 27.3 Å². The van der Waals surface area contributed by atoms with E-state index < -0.39 is 0 Å². The summed E-state index contributed by atoms with van der Waals surface area (Å²) in [5.74, 6) is 0.551. The molecule has 0 saturated carbocycles. The molecule has 2 aromatic heterocycles. The number of aryl methyl sites for hydroxylation is 3. The van der Waals surface area contributed by atoms with E-state index in [-0.39, 0.29) is 17.5 Å². The first-order chi connectivity index (χ1) is 13.5. The number of halogens is 1. The largest absolute Gasteiger partial charge is 0.349 e. The van der Waals surface area contributed by atoms with Crippen molar-refractivity contribution in [1.82, 2.24) is 15.3 Å². The van der Waals surface area contributed by atoms with Crippen molar-refractivity contribution in [3.05, 3.63) is 60.9 Å². The van der Waals surface area contributed by atoms with Crippen molar-refractivity contribution < 1.29 is 4.79 Å². The molecule has 5 nitrogen and oxygen atoms in total. The maximum atomic E-state index is 12.5. The number of benzene rings is 1. The maximum Gasteiger partial charge on any atom is 0.259 e. The third-order valence-corrected chi connectivity index (χ3v) is 6.94. The van der Waals surface area contributed by atoms with E-state index in [1.807, 2.05) is 24.3 Å². The van der Waals surface area contributed by atoms with Crippen molar-refractivity contribution in [3.63, 3.8) is 0 Å². The first-order valence-electron chi connectivity index (χ1n) is 9.63. The number of fused-ring (bicyclic) bond motifs is 3. The van der Waals surface area contributed by atoms with E-state index in [2.05, 4.69) is 38.1 Å². The van der Waals surface area contributed by atoms with Gasteiger partial charge in [0.15, 0.2) is 0 Å². The Morgan fingerprint density at radius 2 is 2.11 bits per heavy atom. The van der Waals surface area contributed by atoms with E-state index in [1.165, 1.54) is 10.4 Å². The summed E-state index contributed by atoms with van der Waals surface area (Å²) in [4.78, 5) is 34.6. The molecular formula is C21H22BrN3O2S. The molecule has 4 rings (SSSR count). The Bertz CT molecular complexity index is 1070. The molecule has 1 amide bonds. The zero-order chi connectivity index (χ0) is 19.7. The third-order valence-electron chi connectivity index (χ3n) is 5.23. The van der Waals surface area contributed by atoms with E-state index in [1.54, 1.807) is 11.3 Å². The van der Waals surface area contributed by atoms with Crippen LogP contribution < -0.4 is 10.9 Å². The van der Waals surface area contributed by atoms with Gasteiger partial charge in [0, 0.05) is 22.2 Å². The second-order valence-corrected chi connectivity index (χ2v) is 9.13. The quantitative estimate of drug-likeness (QED) is 0.572. The van der Waals surface area contributed by atoms with Gasteiger partial charge in [-0.2, -0.15) is 0 Å². The number of amides is 1. The molecule has 0 fully saturated rings. The Morgan fingerprint density at radius 3 is 2.86 bits per heavy atom. The standard InChI is InChI=1S/C21H22BrN3O2S/c1-2-15(12-6-8-13(22)9-7-12)23-18(26)11-10-17-24-20(27)19-14-4-3-5-16(14)28-21(19)25-17/h6-9,15H,2-5,10-11H2,1H3,(H,23,26)(H,24,25,27)/t15-/m1/s1. The van der Waals surface area contributed by atoms with Crippen LogP contribution in [0.3, 0.4) is 0 Å². The fourth-order valence-corrected chi connectivity index (χ4v) is 5.33. The summed E-state index contributed by atoms with van der Waals surface area (Å²) < 4.78 is 1.02. The number of rotatable bonds is 6. The molecule has 1 aliphatic carbocycles. The molecule has 0 aliphatic heterocycles. The van der Waals surface area contributed by atoms with Crippen LogP contribution in [0.1, 0.15) is 54.1 Å². The van der Waals surface area contributed by atoms with Crippen LogP contribution in [0.2, 0.25) is 0 Å². The Kier molecular flexibility index (Phi) is 5.64. The molecular weight excluding hydrogens is 438 g/mol. The topological polar surface area (TPSA) is 74.8 Å². The lowest BCUT2D eigenvalue weighted by molar-refractivity contribution is -0.121. The van der Waals surface area contributed by atoms with E-state index in [0.717, 1.165) is 45.9 Å². The molecule has 1 aliphatic rings. The van der Waals surface area contributed by atoms with Gasteiger partial charge in [-0.05, 0) is 48.9 Å². The van der Waals surface area contributed by atoms with Crippen molar-refractivity contribution >= 4 is 43.4 Å². The lowest BCUT2D eigenvalue weighted by Gasteiger charge is -2.17. The molecule has 2 N–H and O–H groups in total. The first-order valence-corrected chi connectivity index (χ1v) is 11.2. The van der Waals surface area contributed by atoms with E-state index in [0.29, 0.717) is 18.7 Å². The van der Waals surface area contributed by atoms with Crippen LogP contribution in [0.25, 0.3) is 10.2 Å². The average molecular weight is 460 g/mol. The second-order valence-electron chi connectivity index (χ2n) is 7.13. The molecule has 1 atom stereocenters. The van der Waals surface area contributed by atoms with Crippen LogP contribution in [0.15, 0.2) is 33.5 Å². The van der Waals surface area contributed by atoms with Crippen molar-refractivity contribution in [2.45, 2.75) is 51.5 Å². The molecule has 28 heavy (non-hydrogen) atoms. The maximum absolute atomic E-state index is 12.5. The number of aromatic amines is 1. The van der Waals surface area contributed by atoms with Crippen molar-refractivity contribution in [3.8, 4) is 0 Å². The van der Waals surface area contributed by atoms with Crippen molar-refractivity contribution in [2.75, 3.05) is 0 Å². The van der Waals surface area contributed by atoms with Gasteiger partial charge in [-0.3, -0.25) is 9.59 Å². The summed E-state index contributed by atoms with van der Waals surface area (Å²) in [5, 5.41) is 3.84. The number of carbonyl (C=O) groups excluding carboxylic acids is 1. The van der Waals surface area contributed by atoms with Gasteiger partial charge in [0.25, 0.3) is 5.56 Å². The summed E-state index contributed by atoms with van der Waals surface area (Å²) in [6, 6.07) is 7.97. The van der Waals surface area contributed by atoms with E-state index in [4.69, 9.17) is 0 Å². The highest BCUT2D eigenvalue weighted by Crippen LogP contribution is 2.34. The normalized spacial score (nSPS) is 14.2. The number of thiophene rings is 1. The third kappa shape index (κ3) is 3.91. The minimum Gasteiger partial charge on any atom is -0.349 e. The Hall–Kier alpha value is -1.99. The van der Waals surface area contributed by atoms with Gasteiger partial charge in [-0.1, -0.05) is 35.0 Å². The summed E-state index contributed by atoms with van der Waals surface area (Å²) in [6.45, 7) is 2.05.